The molecule has 1 unspecified atom stereocenters. The number of alkyl halides is 1. The van der Waals surface area contributed by atoms with Crippen molar-refractivity contribution in [2.24, 2.45) is 0 Å². The molecular formula is C15H11BrClF3O. The van der Waals surface area contributed by atoms with Crippen LogP contribution in [0.2, 0.25) is 0 Å². The molecule has 2 aromatic carbocycles. The van der Waals surface area contributed by atoms with Crippen molar-refractivity contribution in [1.29, 1.82) is 0 Å². The maximum Gasteiger partial charge on any atom is 0.134 e. The van der Waals surface area contributed by atoms with E-state index in [0.717, 1.165) is 0 Å². The molecule has 0 bridgehead atoms. The molecule has 0 radical (unpaired) electrons. The minimum absolute atomic E-state index is 0.380. The van der Waals surface area contributed by atoms with Gasteiger partial charge in [-0.15, -0.1) is 11.6 Å². The summed E-state index contributed by atoms with van der Waals surface area (Å²) in [5, 5.41) is -1.07. The molecule has 0 spiro atoms. The first-order valence-electron chi connectivity index (χ1n) is 6.14. The molecule has 0 N–H and O–H groups in total. The van der Waals surface area contributed by atoms with E-state index in [1.54, 1.807) is 18.2 Å². The Morgan fingerprint density at radius 1 is 1.14 bits per heavy atom. The van der Waals surface area contributed by atoms with Crippen LogP contribution in [0.5, 0.6) is 5.75 Å². The largest absolute Gasteiger partial charge is 0.493 e. The molecule has 21 heavy (non-hydrogen) atoms. The zero-order valence-corrected chi connectivity index (χ0v) is 13.3. The van der Waals surface area contributed by atoms with Crippen molar-refractivity contribution in [3.8, 4) is 5.75 Å². The van der Waals surface area contributed by atoms with Crippen LogP contribution in [0.25, 0.3) is 0 Å². The molecule has 0 amide bonds. The monoisotopic (exact) mass is 378 g/mol. The van der Waals surface area contributed by atoms with Crippen LogP contribution < -0.4 is 4.74 Å². The zero-order chi connectivity index (χ0) is 15.6. The molecule has 0 aliphatic rings. The summed E-state index contributed by atoms with van der Waals surface area (Å²) in [5.74, 6) is -2.41. The lowest BCUT2D eigenvalue weighted by atomic mass is 10.0. The first-order chi connectivity index (χ1) is 9.93. The molecule has 0 saturated carbocycles. The van der Waals surface area contributed by atoms with Crippen LogP contribution in [0.3, 0.4) is 0 Å². The summed E-state index contributed by atoms with van der Waals surface area (Å²) in [4.78, 5) is 0. The summed E-state index contributed by atoms with van der Waals surface area (Å²) in [6.45, 7) is 2.33. The fourth-order valence-electron chi connectivity index (χ4n) is 1.91. The normalized spacial score (nSPS) is 12.3. The molecule has 0 heterocycles. The molecule has 0 saturated heterocycles. The van der Waals surface area contributed by atoms with Crippen LogP contribution in [-0.2, 0) is 0 Å². The van der Waals surface area contributed by atoms with Gasteiger partial charge in [0.05, 0.1) is 16.5 Å². The van der Waals surface area contributed by atoms with Crippen LogP contribution in [0.15, 0.2) is 34.8 Å². The smallest absolute Gasteiger partial charge is 0.134 e. The Balaban J connectivity index is 2.41. The van der Waals surface area contributed by atoms with E-state index in [1.165, 1.54) is 0 Å². The third-order valence-electron chi connectivity index (χ3n) is 2.85. The highest BCUT2D eigenvalue weighted by atomic mass is 79.9. The molecule has 1 atom stereocenters. The second kappa shape index (κ2) is 6.71. The van der Waals surface area contributed by atoms with Gasteiger partial charge in [0.25, 0.3) is 0 Å². The molecule has 0 aromatic heterocycles. The molecule has 2 rings (SSSR count). The molecule has 1 nitrogen and oxygen atoms in total. The summed E-state index contributed by atoms with van der Waals surface area (Å²) in [7, 11) is 0. The lowest BCUT2D eigenvalue weighted by Crippen LogP contribution is -2.03. The van der Waals surface area contributed by atoms with Gasteiger partial charge in [-0.2, -0.15) is 0 Å². The first-order valence-corrected chi connectivity index (χ1v) is 7.37. The molecule has 112 valence electrons. The maximum atomic E-state index is 13.7. The van der Waals surface area contributed by atoms with E-state index in [0.29, 0.717) is 34.5 Å². The van der Waals surface area contributed by atoms with Crippen LogP contribution >= 0.6 is 27.5 Å². The maximum absolute atomic E-state index is 13.7. The molecule has 6 heteroatoms. The van der Waals surface area contributed by atoms with E-state index in [-0.39, 0.29) is 5.56 Å². The van der Waals surface area contributed by atoms with Gasteiger partial charge >= 0.3 is 0 Å². The standard InChI is InChI=1S/C15H11BrClF3O/c1-2-21-13-4-3-8(5-10(13)16)15(17)14-11(19)6-9(18)7-12(14)20/h3-7,15H,2H2,1H3. The number of hydrogen-bond donors (Lipinski definition) is 0. The van der Waals surface area contributed by atoms with Gasteiger partial charge < -0.3 is 4.74 Å². The molecule has 2 aromatic rings. The van der Waals surface area contributed by atoms with Gasteiger partial charge in [0.1, 0.15) is 23.2 Å². The summed E-state index contributed by atoms with van der Waals surface area (Å²) in [5.41, 5.74) is 0.0885. The Morgan fingerprint density at radius 3 is 2.29 bits per heavy atom. The number of hydrogen-bond acceptors (Lipinski definition) is 1. The van der Waals surface area contributed by atoms with Crippen molar-refractivity contribution in [2.75, 3.05) is 6.61 Å². The topological polar surface area (TPSA) is 9.23 Å². The minimum atomic E-state index is -1.07. The van der Waals surface area contributed by atoms with Gasteiger partial charge in [-0.25, -0.2) is 13.2 Å². The van der Waals surface area contributed by atoms with Crippen molar-refractivity contribution in [1.82, 2.24) is 0 Å². The summed E-state index contributed by atoms with van der Waals surface area (Å²) >= 11 is 9.44. The fraction of sp³-hybridized carbons (Fsp3) is 0.200. The Morgan fingerprint density at radius 2 is 1.76 bits per heavy atom. The van der Waals surface area contributed by atoms with Crippen molar-refractivity contribution in [2.45, 2.75) is 12.3 Å². The highest BCUT2D eigenvalue weighted by Crippen LogP contribution is 2.36. The first kappa shape index (κ1) is 16.2. The Kier molecular flexibility index (Phi) is 5.17. The number of halogens is 5. The number of ether oxygens (including phenoxy) is 1. The lowest BCUT2D eigenvalue weighted by molar-refractivity contribution is 0.338. The summed E-state index contributed by atoms with van der Waals surface area (Å²) in [6.07, 6.45) is 0. The van der Waals surface area contributed by atoms with Crippen LogP contribution in [0, 0.1) is 17.5 Å². The van der Waals surface area contributed by atoms with Gasteiger partial charge in [-0.05, 0) is 40.5 Å². The average Bonchev–Trinajstić information content (AvgIpc) is 2.40. The van der Waals surface area contributed by atoms with Gasteiger partial charge in [0.15, 0.2) is 0 Å². The third kappa shape index (κ3) is 3.52. The van der Waals surface area contributed by atoms with E-state index in [4.69, 9.17) is 16.3 Å². The van der Waals surface area contributed by atoms with Gasteiger partial charge in [0, 0.05) is 17.7 Å². The van der Waals surface area contributed by atoms with Gasteiger partial charge in [-0.1, -0.05) is 6.07 Å². The van der Waals surface area contributed by atoms with Gasteiger partial charge in [-0.3, -0.25) is 0 Å². The van der Waals surface area contributed by atoms with Crippen LogP contribution in [0.4, 0.5) is 13.2 Å². The highest BCUT2D eigenvalue weighted by Gasteiger charge is 2.22. The molecule has 0 fully saturated rings. The second-order valence-electron chi connectivity index (χ2n) is 4.27. The van der Waals surface area contributed by atoms with Crippen molar-refractivity contribution in [3.63, 3.8) is 0 Å². The number of rotatable bonds is 4. The molecule has 0 aliphatic heterocycles. The SMILES string of the molecule is CCOc1ccc(C(Cl)c2c(F)cc(F)cc2F)cc1Br. The highest BCUT2D eigenvalue weighted by molar-refractivity contribution is 9.10. The fourth-order valence-corrected chi connectivity index (χ4v) is 2.76. The van der Waals surface area contributed by atoms with Crippen LogP contribution in [-0.4, -0.2) is 6.61 Å². The van der Waals surface area contributed by atoms with E-state index in [2.05, 4.69) is 15.9 Å². The van der Waals surface area contributed by atoms with Crippen molar-refractivity contribution < 1.29 is 17.9 Å². The summed E-state index contributed by atoms with van der Waals surface area (Å²) < 4.78 is 46.4. The quantitative estimate of drug-likeness (QED) is 0.629. The molecule has 0 aliphatic carbocycles. The van der Waals surface area contributed by atoms with Gasteiger partial charge in [0.2, 0.25) is 0 Å². The predicted octanol–water partition coefficient (Wildman–Crippen LogP) is 5.59. The summed E-state index contributed by atoms with van der Waals surface area (Å²) in [6, 6.07) is 6.09. The van der Waals surface area contributed by atoms with E-state index in [1.807, 2.05) is 6.92 Å². The van der Waals surface area contributed by atoms with E-state index < -0.39 is 22.8 Å². The lowest BCUT2D eigenvalue weighted by Gasteiger charge is -2.14. The second-order valence-corrected chi connectivity index (χ2v) is 5.56. The van der Waals surface area contributed by atoms with Crippen molar-refractivity contribution >= 4 is 27.5 Å². The zero-order valence-electron chi connectivity index (χ0n) is 11.0. The van der Waals surface area contributed by atoms with Crippen molar-refractivity contribution in [3.05, 3.63) is 63.4 Å². The Hall–Kier alpha value is -1.20. The molecular weight excluding hydrogens is 369 g/mol. The Bertz CT molecular complexity index is 640. The average molecular weight is 380 g/mol. The van der Waals surface area contributed by atoms with E-state index in [9.17, 15) is 13.2 Å². The van der Waals surface area contributed by atoms with Crippen LogP contribution in [0.1, 0.15) is 23.4 Å². The Labute approximate surface area is 133 Å². The minimum Gasteiger partial charge on any atom is -0.493 e. The third-order valence-corrected chi connectivity index (χ3v) is 3.94. The predicted molar refractivity (Wildman–Crippen MR) is 79.3 cm³/mol. The van der Waals surface area contributed by atoms with E-state index >= 15 is 0 Å². The number of benzene rings is 2.